The molecule has 1 aliphatic rings. The fourth-order valence-corrected chi connectivity index (χ4v) is 3.49. The maximum absolute atomic E-state index is 12.5. The zero-order valence-corrected chi connectivity index (χ0v) is 14.0. The molecule has 1 aliphatic heterocycles. The maximum atomic E-state index is 12.5. The van der Waals surface area contributed by atoms with Crippen LogP contribution in [0.3, 0.4) is 0 Å². The molecule has 1 aromatic carbocycles. The lowest BCUT2D eigenvalue weighted by molar-refractivity contribution is -0.127. The maximum Gasteiger partial charge on any atom is 0.238 e. The third kappa shape index (κ3) is 3.41. The lowest BCUT2D eigenvalue weighted by Gasteiger charge is -2.38. The molecule has 0 radical (unpaired) electrons. The summed E-state index contributed by atoms with van der Waals surface area (Å²) in [6.45, 7) is 7.26. The third-order valence-electron chi connectivity index (χ3n) is 4.12. The van der Waals surface area contributed by atoms with Crippen molar-refractivity contribution in [2.24, 2.45) is 5.41 Å². The molecule has 20 heavy (non-hydrogen) atoms. The highest BCUT2D eigenvalue weighted by Crippen LogP contribution is 2.31. The summed E-state index contributed by atoms with van der Waals surface area (Å²) in [6, 6.07) is 7.90. The van der Waals surface area contributed by atoms with Gasteiger partial charge in [-0.15, -0.1) is 0 Å². The number of rotatable bonds is 3. The zero-order valence-electron chi connectivity index (χ0n) is 12.4. The average molecular weight is 339 g/mol. The Hall–Kier alpha value is -0.870. The van der Waals surface area contributed by atoms with E-state index in [1.54, 1.807) is 0 Å². The van der Waals surface area contributed by atoms with Crippen LogP contribution in [0.1, 0.15) is 45.2 Å². The van der Waals surface area contributed by atoms with Crippen molar-refractivity contribution in [1.82, 2.24) is 10.6 Å². The van der Waals surface area contributed by atoms with Gasteiger partial charge in [-0.1, -0.05) is 48.0 Å². The monoisotopic (exact) mass is 338 g/mol. The summed E-state index contributed by atoms with van der Waals surface area (Å²) in [7, 11) is 0. The van der Waals surface area contributed by atoms with Crippen LogP contribution in [0.5, 0.6) is 0 Å². The van der Waals surface area contributed by atoms with Crippen molar-refractivity contribution < 1.29 is 4.79 Å². The molecule has 1 amide bonds. The van der Waals surface area contributed by atoms with Crippen molar-refractivity contribution in [3.8, 4) is 0 Å². The molecule has 1 aromatic rings. The van der Waals surface area contributed by atoms with Gasteiger partial charge in [-0.3, -0.25) is 4.79 Å². The highest BCUT2D eigenvalue weighted by molar-refractivity contribution is 9.10. The second kappa shape index (κ2) is 6.27. The van der Waals surface area contributed by atoms with Gasteiger partial charge in [0.05, 0.1) is 12.1 Å². The molecule has 1 saturated heterocycles. The molecule has 0 aromatic heterocycles. The number of piperidine rings is 1. The number of halogens is 1. The first-order valence-electron chi connectivity index (χ1n) is 7.20. The number of benzene rings is 1. The van der Waals surface area contributed by atoms with E-state index < -0.39 is 0 Å². The minimum atomic E-state index is -0.110. The Labute approximate surface area is 129 Å². The molecule has 2 N–H and O–H groups in total. The minimum Gasteiger partial charge on any atom is -0.348 e. The van der Waals surface area contributed by atoms with E-state index in [9.17, 15) is 4.79 Å². The van der Waals surface area contributed by atoms with Crippen molar-refractivity contribution in [3.05, 3.63) is 34.3 Å². The highest BCUT2D eigenvalue weighted by atomic mass is 79.9. The molecule has 0 saturated carbocycles. The normalized spacial score (nSPS) is 23.1. The molecule has 3 nitrogen and oxygen atoms in total. The first-order chi connectivity index (χ1) is 9.42. The van der Waals surface area contributed by atoms with E-state index >= 15 is 0 Å². The van der Waals surface area contributed by atoms with Gasteiger partial charge in [0.15, 0.2) is 0 Å². The first kappa shape index (κ1) is 15.5. The van der Waals surface area contributed by atoms with E-state index in [1.165, 1.54) is 0 Å². The van der Waals surface area contributed by atoms with Gasteiger partial charge in [-0.2, -0.15) is 0 Å². The Balaban J connectivity index is 2.06. The van der Waals surface area contributed by atoms with E-state index in [0.29, 0.717) is 0 Å². The number of hydrogen-bond donors (Lipinski definition) is 2. The smallest absolute Gasteiger partial charge is 0.238 e. The predicted molar refractivity (Wildman–Crippen MR) is 85.5 cm³/mol. The molecular weight excluding hydrogens is 316 g/mol. The standard InChI is InChI=1S/C16H23BrN2O/c1-11(12-7-4-5-8-13(12)17)19-15(20)14-16(2,3)9-6-10-18-14/h4-5,7-8,11,14,18H,6,9-10H2,1-3H3,(H,19,20)/t11-,14?/m1/s1. The average Bonchev–Trinajstić information content (AvgIpc) is 2.38. The van der Waals surface area contributed by atoms with Crippen LogP contribution >= 0.6 is 15.9 Å². The summed E-state index contributed by atoms with van der Waals surface area (Å²) in [6.07, 6.45) is 2.22. The van der Waals surface area contributed by atoms with Gasteiger partial charge in [0.2, 0.25) is 5.91 Å². The Kier molecular flexibility index (Phi) is 4.86. The van der Waals surface area contributed by atoms with Crippen LogP contribution in [-0.4, -0.2) is 18.5 Å². The topological polar surface area (TPSA) is 41.1 Å². The number of nitrogens with one attached hydrogen (secondary N) is 2. The van der Waals surface area contributed by atoms with Gasteiger partial charge >= 0.3 is 0 Å². The van der Waals surface area contributed by atoms with E-state index in [-0.39, 0.29) is 23.4 Å². The van der Waals surface area contributed by atoms with Gasteiger partial charge in [0.1, 0.15) is 0 Å². The summed E-state index contributed by atoms with van der Waals surface area (Å²) in [4.78, 5) is 12.5. The van der Waals surface area contributed by atoms with E-state index in [4.69, 9.17) is 0 Å². The lowest BCUT2D eigenvalue weighted by Crippen LogP contribution is -2.55. The molecule has 2 rings (SSSR count). The van der Waals surface area contributed by atoms with Gasteiger partial charge in [-0.25, -0.2) is 0 Å². The van der Waals surface area contributed by atoms with Crippen molar-refractivity contribution in [2.45, 2.75) is 45.7 Å². The molecule has 1 heterocycles. The summed E-state index contributed by atoms with van der Waals surface area (Å²) < 4.78 is 1.03. The van der Waals surface area contributed by atoms with E-state index in [1.807, 2.05) is 31.2 Å². The SMILES string of the molecule is C[C@@H](NC(=O)C1NCCCC1(C)C)c1ccccc1Br. The van der Waals surface area contributed by atoms with Gasteiger partial charge in [-0.05, 0) is 43.4 Å². The van der Waals surface area contributed by atoms with E-state index in [2.05, 4.69) is 40.4 Å². The molecule has 110 valence electrons. The van der Waals surface area contributed by atoms with E-state index in [0.717, 1.165) is 29.4 Å². The summed E-state index contributed by atoms with van der Waals surface area (Å²) in [5.41, 5.74) is 1.12. The lowest BCUT2D eigenvalue weighted by atomic mass is 9.77. The number of hydrogen-bond acceptors (Lipinski definition) is 2. The number of carbonyl (C=O) groups excluding carboxylic acids is 1. The van der Waals surface area contributed by atoms with Gasteiger partial charge < -0.3 is 10.6 Å². The second-order valence-electron chi connectivity index (χ2n) is 6.23. The van der Waals surface area contributed by atoms with Crippen LogP contribution in [0.15, 0.2) is 28.7 Å². The number of carbonyl (C=O) groups is 1. The fourth-order valence-electron chi connectivity index (χ4n) is 2.86. The van der Waals surface area contributed by atoms with Gasteiger partial charge in [0, 0.05) is 4.47 Å². The van der Waals surface area contributed by atoms with Gasteiger partial charge in [0.25, 0.3) is 0 Å². The van der Waals surface area contributed by atoms with Crippen molar-refractivity contribution in [1.29, 1.82) is 0 Å². The number of amides is 1. The predicted octanol–water partition coefficient (Wildman–Crippen LogP) is 3.40. The molecule has 2 atom stereocenters. The van der Waals surface area contributed by atoms with Crippen LogP contribution in [0, 0.1) is 5.41 Å². The van der Waals surface area contributed by atoms with Crippen LogP contribution in [0.2, 0.25) is 0 Å². The van der Waals surface area contributed by atoms with Crippen molar-refractivity contribution >= 4 is 21.8 Å². The Bertz CT molecular complexity index is 487. The van der Waals surface area contributed by atoms with Crippen LogP contribution in [-0.2, 0) is 4.79 Å². The summed E-state index contributed by atoms with van der Waals surface area (Å²) >= 11 is 3.54. The second-order valence-corrected chi connectivity index (χ2v) is 7.09. The van der Waals surface area contributed by atoms with Crippen molar-refractivity contribution in [2.75, 3.05) is 6.54 Å². The quantitative estimate of drug-likeness (QED) is 0.886. The molecule has 0 bridgehead atoms. The molecular formula is C16H23BrN2O. The zero-order chi connectivity index (χ0) is 14.8. The van der Waals surface area contributed by atoms with Crippen LogP contribution in [0.25, 0.3) is 0 Å². The first-order valence-corrected chi connectivity index (χ1v) is 7.99. The minimum absolute atomic E-state index is 0.00222. The fraction of sp³-hybridized carbons (Fsp3) is 0.562. The van der Waals surface area contributed by atoms with Crippen LogP contribution in [0.4, 0.5) is 0 Å². The van der Waals surface area contributed by atoms with Crippen molar-refractivity contribution in [3.63, 3.8) is 0 Å². The molecule has 4 heteroatoms. The summed E-state index contributed by atoms with van der Waals surface area (Å²) in [5, 5.41) is 6.49. The Morgan fingerprint density at radius 2 is 2.15 bits per heavy atom. The summed E-state index contributed by atoms with van der Waals surface area (Å²) in [5.74, 6) is 0.0953. The molecule has 0 spiro atoms. The molecule has 1 fully saturated rings. The Morgan fingerprint density at radius 3 is 2.80 bits per heavy atom. The largest absolute Gasteiger partial charge is 0.348 e. The Morgan fingerprint density at radius 1 is 1.45 bits per heavy atom. The highest BCUT2D eigenvalue weighted by Gasteiger charge is 2.37. The third-order valence-corrected chi connectivity index (χ3v) is 4.84. The molecule has 1 unspecified atom stereocenters. The molecule has 0 aliphatic carbocycles. The van der Waals surface area contributed by atoms with Crippen LogP contribution < -0.4 is 10.6 Å².